The molecule has 0 aliphatic carbocycles. The van der Waals surface area contributed by atoms with E-state index in [4.69, 9.17) is 14.2 Å². The van der Waals surface area contributed by atoms with Crippen LogP contribution in [-0.2, 0) is 0 Å². The minimum absolute atomic E-state index is 0.0669. The molecule has 0 saturated carbocycles. The van der Waals surface area contributed by atoms with Gasteiger partial charge >= 0.3 is 0 Å². The summed E-state index contributed by atoms with van der Waals surface area (Å²) < 4.78 is 16.0. The molecule has 140 valence electrons. The predicted molar refractivity (Wildman–Crippen MR) is 102 cm³/mol. The molecule has 1 amide bonds. The number of amides is 1. The fraction of sp³-hybridized carbons (Fsp3) is 0.381. The van der Waals surface area contributed by atoms with Crippen molar-refractivity contribution in [3.8, 4) is 17.2 Å². The number of rotatable bonds is 8. The van der Waals surface area contributed by atoms with Crippen molar-refractivity contribution in [1.82, 2.24) is 5.32 Å². The minimum atomic E-state index is -0.182. The summed E-state index contributed by atoms with van der Waals surface area (Å²) in [7, 11) is 4.60. The highest BCUT2D eigenvalue weighted by Gasteiger charge is 2.20. The number of hydrogen-bond donors (Lipinski definition) is 1. The molecule has 5 heteroatoms. The van der Waals surface area contributed by atoms with Crippen LogP contribution in [0.5, 0.6) is 17.2 Å². The first kappa shape index (κ1) is 19.6. The average molecular weight is 357 g/mol. The normalized spacial score (nSPS) is 11.8. The number of ether oxygens (including phenoxy) is 3. The summed E-state index contributed by atoms with van der Waals surface area (Å²) in [5.41, 5.74) is 1.55. The molecule has 0 fully saturated rings. The Hall–Kier alpha value is -2.69. The lowest BCUT2D eigenvalue weighted by Crippen LogP contribution is -2.29. The maximum Gasteiger partial charge on any atom is 0.252 e. The molecule has 5 nitrogen and oxygen atoms in total. The van der Waals surface area contributed by atoms with Gasteiger partial charge in [-0.05, 0) is 30.0 Å². The van der Waals surface area contributed by atoms with Gasteiger partial charge in [-0.1, -0.05) is 44.2 Å². The maximum absolute atomic E-state index is 12.9. The summed E-state index contributed by atoms with van der Waals surface area (Å²) in [6.07, 6.45) is 0.847. The van der Waals surface area contributed by atoms with Crippen LogP contribution < -0.4 is 19.5 Å². The van der Waals surface area contributed by atoms with Crippen molar-refractivity contribution < 1.29 is 19.0 Å². The van der Waals surface area contributed by atoms with Gasteiger partial charge in [-0.25, -0.2) is 0 Å². The van der Waals surface area contributed by atoms with Crippen molar-refractivity contribution in [3.63, 3.8) is 0 Å². The largest absolute Gasteiger partial charge is 0.493 e. The van der Waals surface area contributed by atoms with Gasteiger partial charge in [0.2, 0.25) is 5.75 Å². The van der Waals surface area contributed by atoms with E-state index in [0.717, 1.165) is 12.0 Å². The third kappa shape index (κ3) is 4.69. The molecule has 0 aromatic heterocycles. The summed E-state index contributed by atoms with van der Waals surface area (Å²) in [4.78, 5) is 12.9. The van der Waals surface area contributed by atoms with E-state index in [1.807, 2.05) is 30.3 Å². The topological polar surface area (TPSA) is 56.8 Å². The van der Waals surface area contributed by atoms with E-state index in [1.54, 1.807) is 12.1 Å². The van der Waals surface area contributed by atoms with E-state index >= 15 is 0 Å². The van der Waals surface area contributed by atoms with Crippen molar-refractivity contribution in [2.24, 2.45) is 5.92 Å². The third-order valence-electron chi connectivity index (χ3n) is 4.14. The SMILES string of the molecule is COc1cc(C(=O)N[C@@H](CC(C)C)c2ccccc2)cc(OC)c1OC. The van der Waals surface area contributed by atoms with E-state index < -0.39 is 0 Å². The zero-order valence-corrected chi connectivity index (χ0v) is 16.0. The molecule has 1 atom stereocenters. The Morgan fingerprint density at radius 1 is 0.962 bits per heavy atom. The predicted octanol–water partition coefficient (Wildman–Crippen LogP) is 4.23. The van der Waals surface area contributed by atoms with Crippen molar-refractivity contribution >= 4 is 5.91 Å². The molecule has 0 spiro atoms. The van der Waals surface area contributed by atoms with Crippen molar-refractivity contribution in [1.29, 1.82) is 0 Å². The summed E-state index contributed by atoms with van der Waals surface area (Å²) in [5, 5.41) is 3.13. The number of benzene rings is 2. The van der Waals surface area contributed by atoms with E-state index in [0.29, 0.717) is 28.7 Å². The Labute approximate surface area is 155 Å². The molecule has 0 bridgehead atoms. The van der Waals surface area contributed by atoms with E-state index in [-0.39, 0.29) is 11.9 Å². The fourth-order valence-electron chi connectivity index (χ4n) is 2.89. The van der Waals surface area contributed by atoms with E-state index in [9.17, 15) is 4.79 Å². The zero-order chi connectivity index (χ0) is 19.1. The lowest BCUT2D eigenvalue weighted by molar-refractivity contribution is 0.0931. The summed E-state index contributed by atoms with van der Waals surface area (Å²) in [6.45, 7) is 4.28. The molecule has 0 aliphatic heterocycles. The Morgan fingerprint density at radius 3 is 2.00 bits per heavy atom. The molecule has 0 unspecified atom stereocenters. The second-order valence-corrected chi connectivity index (χ2v) is 6.48. The Morgan fingerprint density at radius 2 is 1.54 bits per heavy atom. The van der Waals surface area contributed by atoms with Crippen LogP contribution >= 0.6 is 0 Å². The second kappa shape index (κ2) is 9.13. The molecule has 2 aromatic carbocycles. The summed E-state index contributed by atoms with van der Waals surface area (Å²) in [5.74, 6) is 1.64. The number of carbonyl (C=O) groups excluding carboxylic acids is 1. The Bertz CT molecular complexity index is 703. The molecule has 0 aliphatic rings. The monoisotopic (exact) mass is 357 g/mol. The molecule has 0 radical (unpaired) electrons. The summed E-state index contributed by atoms with van der Waals surface area (Å²) >= 11 is 0. The van der Waals surface area contributed by atoms with Gasteiger partial charge in [-0.3, -0.25) is 4.79 Å². The first-order chi connectivity index (χ1) is 12.5. The molecule has 2 rings (SSSR count). The first-order valence-corrected chi connectivity index (χ1v) is 8.66. The quantitative estimate of drug-likeness (QED) is 0.768. The molecule has 26 heavy (non-hydrogen) atoms. The van der Waals surface area contributed by atoms with Gasteiger partial charge in [0.15, 0.2) is 11.5 Å². The van der Waals surface area contributed by atoms with Crippen molar-refractivity contribution in [2.75, 3.05) is 21.3 Å². The van der Waals surface area contributed by atoms with Gasteiger partial charge < -0.3 is 19.5 Å². The molecular formula is C21H27NO4. The number of nitrogens with one attached hydrogen (secondary N) is 1. The number of methoxy groups -OCH3 is 3. The Balaban J connectivity index is 2.31. The van der Waals surface area contributed by atoms with Gasteiger partial charge in [0.05, 0.1) is 27.4 Å². The van der Waals surface area contributed by atoms with Crippen LogP contribution in [0.4, 0.5) is 0 Å². The molecular weight excluding hydrogens is 330 g/mol. The van der Waals surface area contributed by atoms with Gasteiger partial charge in [-0.15, -0.1) is 0 Å². The molecule has 2 aromatic rings. The fourth-order valence-corrected chi connectivity index (χ4v) is 2.89. The van der Waals surface area contributed by atoms with Gasteiger partial charge in [-0.2, -0.15) is 0 Å². The number of carbonyl (C=O) groups is 1. The lowest BCUT2D eigenvalue weighted by Gasteiger charge is -2.22. The first-order valence-electron chi connectivity index (χ1n) is 8.66. The standard InChI is InChI=1S/C21H27NO4/c1-14(2)11-17(15-9-7-6-8-10-15)22-21(23)16-12-18(24-3)20(26-5)19(13-16)25-4/h6-10,12-14,17H,11H2,1-5H3,(H,22,23)/t17-/m0/s1. The third-order valence-corrected chi connectivity index (χ3v) is 4.14. The van der Waals surface area contributed by atoms with Crippen LogP contribution in [0.2, 0.25) is 0 Å². The molecule has 1 N–H and O–H groups in total. The second-order valence-electron chi connectivity index (χ2n) is 6.48. The van der Waals surface area contributed by atoms with Crippen LogP contribution in [0.25, 0.3) is 0 Å². The Kier molecular flexibility index (Phi) is 6.89. The van der Waals surface area contributed by atoms with E-state index in [1.165, 1.54) is 21.3 Å². The average Bonchev–Trinajstić information content (AvgIpc) is 2.66. The highest BCUT2D eigenvalue weighted by atomic mass is 16.5. The van der Waals surface area contributed by atoms with Crippen molar-refractivity contribution in [2.45, 2.75) is 26.3 Å². The highest BCUT2D eigenvalue weighted by Crippen LogP contribution is 2.38. The molecule has 0 heterocycles. The van der Waals surface area contributed by atoms with Crippen LogP contribution in [-0.4, -0.2) is 27.2 Å². The van der Waals surface area contributed by atoms with Crippen LogP contribution in [0.3, 0.4) is 0 Å². The van der Waals surface area contributed by atoms with Crippen LogP contribution in [0.15, 0.2) is 42.5 Å². The summed E-state index contributed by atoms with van der Waals surface area (Å²) in [6, 6.07) is 13.2. The van der Waals surface area contributed by atoms with Gasteiger partial charge in [0, 0.05) is 5.56 Å². The van der Waals surface area contributed by atoms with Crippen LogP contribution in [0, 0.1) is 5.92 Å². The van der Waals surface area contributed by atoms with E-state index in [2.05, 4.69) is 19.2 Å². The maximum atomic E-state index is 12.9. The smallest absolute Gasteiger partial charge is 0.252 e. The zero-order valence-electron chi connectivity index (χ0n) is 16.0. The molecule has 0 saturated heterocycles. The van der Waals surface area contributed by atoms with Crippen LogP contribution in [0.1, 0.15) is 42.2 Å². The lowest BCUT2D eigenvalue weighted by atomic mass is 9.96. The van der Waals surface area contributed by atoms with Gasteiger partial charge in [0.1, 0.15) is 0 Å². The van der Waals surface area contributed by atoms with Crippen molar-refractivity contribution in [3.05, 3.63) is 53.6 Å². The minimum Gasteiger partial charge on any atom is -0.493 e. The number of hydrogen-bond acceptors (Lipinski definition) is 4. The van der Waals surface area contributed by atoms with Gasteiger partial charge in [0.25, 0.3) is 5.91 Å². The highest BCUT2D eigenvalue weighted by molar-refractivity contribution is 5.96.